The van der Waals surface area contributed by atoms with Crippen LogP contribution in [0.15, 0.2) is 47.8 Å². The molecule has 5 nitrogen and oxygen atoms in total. The first-order valence-electron chi connectivity index (χ1n) is 7.15. The van der Waals surface area contributed by atoms with Crippen molar-refractivity contribution >= 4 is 29.2 Å². The average Bonchev–Trinajstić information content (AvgIpc) is 3.11. The van der Waals surface area contributed by atoms with Crippen molar-refractivity contribution in [2.24, 2.45) is 5.41 Å². The van der Waals surface area contributed by atoms with Gasteiger partial charge in [0.25, 0.3) is 0 Å². The number of ketones is 2. The Balaban J connectivity index is 2.23. The zero-order valence-electron chi connectivity index (χ0n) is 12.7. The number of carbonyl (C=O) groups is 2. The molecule has 1 radical (unpaired) electrons. The van der Waals surface area contributed by atoms with Gasteiger partial charge in [-0.25, -0.2) is 0 Å². The third kappa shape index (κ3) is 3.94. The van der Waals surface area contributed by atoms with Crippen LogP contribution in [0.25, 0.3) is 0 Å². The summed E-state index contributed by atoms with van der Waals surface area (Å²) < 4.78 is 5.36. The largest absolute Gasteiger partial charge is 0.486 e. The molecule has 24 heavy (non-hydrogen) atoms. The van der Waals surface area contributed by atoms with E-state index in [1.165, 1.54) is 11.3 Å². The molecule has 2 aromatic rings. The van der Waals surface area contributed by atoms with Gasteiger partial charge in [-0.3, -0.25) is 14.4 Å². The van der Waals surface area contributed by atoms with E-state index < -0.39 is 30.0 Å². The minimum Gasteiger partial charge on any atom is -0.486 e. The van der Waals surface area contributed by atoms with Crippen molar-refractivity contribution in [1.29, 1.82) is 5.26 Å². The SMILES string of the molecule is N#CCC(=O)C([C]=O)(Cc1cccs1)C(=O)COc1ccccc1. The number of hydrogen-bond donors (Lipinski definition) is 0. The van der Waals surface area contributed by atoms with Gasteiger partial charge in [0.05, 0.1) is 12.5 Å². The highest BCUT2D eigenvalue weighted by atomic mass is 32.1. The lowest BCUT2D eigenvalue weighted by Gasteiger charge is -2.23. The highest BCUT2D eigenvalue weighted by Gasteiger charge is 2.46. The monoisotopic (exact) mass is 340 g/mol. The van der Waals surface area contributed by atoms with Crippen LogP contribution in [-0.4, -0.2) is 24.5 Å². The number of benzene rings is 1. The van der Waals surface area contributed by atoms with Crippen LogP contribution in [0.4, 0.5) is 0 Å². The number of hydrogen-bond acceptors (Lipinski definition) is 6. The number of rotatable bonds is 9. The number of Topliss-reactive ketones (excluding diaryl/α,β-unsaturated/α-hetero) is 2. The highest BCUT2D eigenvalue weighted by molar-refractivity contribution is 7.09. The first kappa shape index (κ1) is 17.6. The topological polar surface area (TPSA) is 84.2 Å². The maximum Gasteiger partial charge on any atom is 0.221 e. The van der Waals surface area contributed by atoms with E-state index in [1.54, 1.807) is 60.2 Å². The molecule has 0 spiro atoms. The van der Waals surface area contributed by atoms with Crippen LogP contribution in [0.3, 0.4) is 0 Å². The van der Waals surface area contributed by atoms with E-state index in [0.717, 1.165) is 0 Å². The van der Waals surface area contributed by atoms with Crippen molar-refractivity contribution in [3.63, 3.8) is 0 Å². The molecule has 0 aliphatic rings. The Labute approximate surface area is 143 Å². The number of carbonyl (C=O) groups excluding carboxylic acids is 3. The van der Waals surface area contributed by atoms with Gasteiger partial charge in [0, 0.05) is 11.3 Å². The minimum atomic E-state index is -2.00. The van der Waals surface area contributed by atoms with Crippen LogP contribution in [0, 0.1) is 16.7 Å². The Bertz CT molecular complexity index is 749. The zero-order chi connectivity index (χ0) is 17.4. The summed E-state index contributed by atoms with van der Waals surface area (Å²) in [6, 6.07) is 13.8. The third-order valence-corrected chi connectivity index (χ3v) is 4.37. The van der Waals surface area contributed by atoms with Crippen LogP contribution < -0.4 is 4.74 Å². The molecule has 2 rings (SSSR count). The Kier molecular flexibility index (Phi) is 5.99. The van der Waals surface area contributed by atoms with Crippen molar-refractivity contribution in [2.75, 3.05) is 6.61 Å². The van der Waals surface area contributed by atoms with E-state index in [9.17, 15) is 14.4 Å². The normalized spacial score (nSPS) is 12.6. The van der Waals surface area contributed by atoms with Gasteiger partial charge in [-0.2, -0.15) is 5.26 Å². The van der Waals surface area contributed by atoms with Crippen molar-refractivity contribution in [3.05, 3.63) is 52.7 Å². The number of nitrogens with zero attached hydrogens (tertiary/aromatic N) is 1. The molecule has 0 fully saturated rings. The van der Waals surface area contributed by atoms with Crippen LogP contribution in [0.2, 0.25) is 0 Å². The molecule has 0 saturated heterocycles. The summed E-state index contributed by atoms with van der Waals surface area (Å²) in [5.74, 6) is -1.00. The van der Waals surface area contributed by atoms with Crippen LogP contribution >= 0.6 is 11.3 Å². The van der Waals surface area contributed by atoms with E-state index in [0.29, 0.717) is 10.6 Å². The van der Waals surface area contributed by atoms with Gasteiger partial charge in [0.2, 0.25) is 6.29 Å². The summed E-state index contributed by atoms with van der Waals surface area (Å²) in [4.78, 5) is 37.2. The molecule has 0 N–H and O–H groups in total. The molecule has 121 valence electrons. The number of nitriles is 1. The van der Waals surface area contributed by atoms with Crippen molar-refractivity contribution in [3.8, 4) is 11.8 Å². The van der Waals surface area contributed by atoms with Gasteiger partial charge in [-0.1, -0.05) is 24.3 Å². The lowest BCUT2D eigenvalue weighted by atomic mass is 9.76. The molecule has 0 aliphatic carbocycles. The summed E-state index contributed by atoms with van der Waals surface area (Å²) >= 11 is 1.33. The molecule has 0 aliphatic heterocycles. The Morgan fingerprint density at radius 2 is 1.88 bits per heavy atom. The first-order chi connectivity index (χ1) is 11.6. The van der Waals surface area contributed by atoms with E-state index in [-0.39, 0.29) is 6.42 Å². The van der Waals surface area contributed by atoms with Crippen molar-refractivity contribution < 1.29 is 19.1 Å². The van der Waals surface area contributed by atoms with E-state index in [2.05, 4.69) is 0 Å². The zero-order valence-corrected chi connectivity index (χ0v) is 13.5. The summed E-state index contributed by atoms with van der Waals surface area (Å²) in [5, 5.41) is 10.6. The van der Waals surface area contributed by atoms with Crippen molar-refractivity contribution in [2.45, 2.75) is 12.8 Å². The molecule has 0 amide bonds. The van der Waals surface area contributed by atoms with Crippen molar-refractivity contribution in [1.82, 2.24) is 0 Å². The Morgan fingerprint density at radius 3 is 2.46 bits per heavy atom. The maximum absolute atomic E-state index is 12.6. The molecule has 1 aromatic heterocycles. The predicted octanol–water partition coefficient (Wildman–Crippen LogP) is 2.52. The second-order valence-electron chi connectivity index (χ2n) is 5.05. The summed E-state index contributed by atoms with van der Waals surface area (Å²) in [6.07, 6.45) is 0.965. The highest BCUT2D eigenvalue weighted by Crippen LogP contribution is 2.28. The van der Waals surface area contributed by atoms with Gasteiger partial charge >= 0.3 is 0 Å². The van der Waals surface area contributed by atoms with E-state index in [1.807, 2.05) is 0 Å². The number of thiophene rings is 1. The Hall–Kier alpha value is -2.78. The molecule has 1 unspecified atom stereocenters. The molecule has 0 saturated carbocycles. The molecule has 1 aromatic carbocycles. The Morgan fingerprint density at radius 1 is 1.12 bits per heavy atom. The van der Waals surface area contributed by atoms with Gasteiger partial charge in [0.15, 0.2) is 17.0 Å². The summed E-state index contributed by atoms with van der Waals surface area (Å²) in [7, 11) is 0. The molecular weight excluding hydrogens is 326 g/mol. The molecule has 6 heteroatoms. The fraction of sp³-hybridized carbons (Fsp3) is 0.222. The molecule has 0 bridgehead atoms. The van der Waals surface area contributed by atoms with E-state index >= 15 is 0 Å². The summed E-state index contributed by atoms with van der Waals surface area (Å²) in [6.45, 7) is -0.443. The van der Waals surface area contributed by atoms with Gasteiger partial charge in [0.1, 0.15) is 12.4 Å². The van der Waals surface area contributed by atoms with Gasteiger partial charge < -0.3 is 4.74 Å². The lowest BCUT2D eigenvalue weighted by Crippen LogP contribution is -2.45. The fourth-order valence-electron chi connectivity index (χ4n) is 2.19. The maximum atomic E-state index is 12.6. The number of para-hydroxylation sites is 1. The second kappa shape index (κ2) is 8.18. The lowest BCUT2D eigenvalue weighted by molar-refractivity contribution is -0.137. The molecule has 1 heterocycles. The average molecular weight is 340 g/mol. The van der Waals surface area contributed by atoms with Crippen LogP contribution in [-0.2, 0) is 20.8 Å². The van der Waals surface area contributed by atoms with Crippen LogP contribution in [0.5, 0.6) is 5.75 Å². The summed E-state index contributed by atoms with van der Waals surface area (Å²) in [5.41, 5.74) is -2.00. The fourth-order valence-corrected chi connectivity index (χ4v) is 2.98. The minimum absolute atomic E-state index is 0.105. The van der Waals surface area contributed by atoms with Gasteiger partial charge in [-0.15, -0.1) is 11.3 Å². The first-order valence-corrected chi connectivity index (χ1v) is 8.03. The van der Waals surface area contributed by atoms with Crippen LogP contribution in [0.1, 0.15) is 11.3 Å². The standard InChI is InChI=1S/C18H14NO4S/c19-9-8-16(21)18(13-20,11-15-7-4-10-24-15)17(22)12-23-14-5-2-1-3-6-14/h1-7,10H,8,11-12H2. The third-order valence-electron chi connectivity index (χ3n) is 3.50. The second-order valence-corrected chi connectivity index (χ2v) is 6.08. The quantitative estimate of drug-likeness (QED) is 0.655. The number of ether oxygens (including phenoxy) is 1. The predicted molar refractivity (Wildman–Crippen MR) is 88.3 cm³/mol. The molecular formula is C18H14NO4S. The smallest absolute Gasteiger partial charge is 0.221 e. The van der Waals surface area contributed by atoms with E-state index in [4.69, 9.17) is 10.00 Å². The molecule has 1 atom stereocenters. The van der Waals surface area contributed by atoms with Gasteiger partial charge in [-0.05, 0) is 23.6 Å².